The molecule has 19 heavy (non-hydrogen) atoms. The Labute approximate surface area is 110 Å². The maximum atomic E-state index is 13.8. The zero-order valence-corrected chi connectivity index (χ0v) is 11.0. The number of rotatable bonds is 5. The van der Waals surface area contributed by atoms with Gasteiger partial charge in [0.2, 0.25) is 0 Å². The van der Waals surface area contributed by atoms with Crippen LogP contribution in [-0.2, 0) is 16.6 Å². The highest BCUT2D eigenvalue weighted by Crippen LogP contribution is 2.19. The average molecular weight is 284 g/mol. The minimum atomic E-state index is -3.95. The predicted molar refractivity (Wildman–Crippen MR) is 68.6 cm³/mol. The largest absolute Gasteiger partial charge is 0.316 e. The fourth-order valence-corrected chi connectivity index (χ4v) is 2.69. The van der Waals surface area contributed by atoms with Crippen molar-refractivity contribution in [2.75, 3.05) is 11.8 Å². The first-order chi connectivity index (χ1) is 9.03. The maximum Gasteiger partial charge on any atom is 0.264 e. The van der Waals surface area contributed by atoms with Crippen LogP contribution in [0.4, 0.5) is 10.1 Å². The van der Waals surface area contributed by atoms with E-state index < -0.39 is 20.7 Å². The minimum absolute atomic E-state index is 0.249. The van der Waals surface area contributed by atoms with E-state index in [0.29, 0.717) is 12.1 Å². The highest BCUT2D eigenvalue weighted by Gasteiger charge is 2.19. The van der Waals surface area contributed by atoms with Crippen LogP contribution in [0.5, 0.6) is 0 Å². The summed E-state index contributed by atoms with van der Waals surface area (Å²) in [7, 11) is -2.23. The van der Waals surface area contributed by atoms with E-state index in [1.165, 1.54) is 24.5 Å². The van der Waals surface area contributed by atoms with Gasteiger partial charge in [0.15, 0.2) is 0 Å². The van der Waals surface area contributed by atoms with Crippen LogP contribution in [0.1, 0.15) is 5.56 Å². The molecule has 0 aliphatic carbocycles. The fraction of sp³-hybridized carbons (Fsp3) is 0.182. The van der Waals surface area contributed by atoms with Crippen molar-refractivity contribution in [3.63, 3.8) is 0 Å². The number of nitrogens with one attached hydrogen (secondary N) is 3. The molecule has 0 saturated carbocycles. The Morgan fingerprint density at radius 1 is 1.42 bits per heavy atom. The SMILES string of the molecule is CNCc1ccc(S(=O)(=O)Nc2cn[nH]c2)c(F)c1. The second-order valence-electron chi connectivity index (χ2n) is 3.89. The van der Waals surface area contributed by atoms with Gasteiger partial charge in [0, 0.05) is 12.7 Å². The van der Waals surface area contributed by atoms with E-state index in [-0.39, 0.29) is 5.69 Å². The van der Waals surface area contributed by atoms with Crippen molar-refractivity contribution in [1.82, 2.24) is 15.5 Å². The first-order valence-electron chi connectivity index (χ1n) is 5.47. The van der Waals surface area contributed by atoms with Crippen molar-refractivity contribution < 1.29 is 12.8 Å². The second-order valence-corrected chi connectivity index (χ2v) is 5.54. The summed E-state index contributed by atoms with van der Waals surface area (Å²) in [6, 6.07) is 3.99. The number of anilines is 1. The Hall–Kier alpha value is -1.93. The summed E-state index contributed by atoms with van der Waals surface area (Å²) >= 11 is 0. The third-order valence-corrected chi connectivity index (χ3v) is 3.83. The third kappa shape index (κ3) is 3.09. The number of sulfonamides is 1. The van der Waals surface area contributed by atoms with E-state index in [9.17, 15) is 12.8 Å². The molecule has 0 radical (unpaired) electrons. The number of aromatic amines is 1. The second kappa shape index (κ2) is 5.37. The Kier molecular flexibility index (Phi) is 3.82. The maximum absolute atomic E-state index is 13.8. The molecule has 2 aromatic rings. The van der Waals surface area contributed by atoms with Gasteiger partial charge in [-0.05, 0) is 24.7 Å². The molecule has 1 aromatic carbocycles. The third-order valence-electron chi connectivity index (χ3n) is 2.42. The van der Waals surface area contributed by atoms with Crippen molar-refractivity contribution in [2.24, 2.45) is 0 Å². The van der Waals surface area contributed by atoms with Gasteiger partial charge in [-0.2, -0.15) is 5.10 Å². The zero-order chi connectivity index (χ0) is 13.9. The van der Waals surface area contributed by atoms with E-state index in [1.807, 2.05) is 0 Å². The molecule has 0 unspecified atom stereocenters. The number of H-pyrrole nitrogens is 1. The summed E-state index contributed by atoms with van der Waals surface area (Å²) in [6.07, 6.45) is 2.66. The number of hydrogen-bond donors (Lipinski definition) is 3. The normalized spacial score (nSPS) is 11.5. The molecule has 0 amide bonds. The van der Waals surface area contributed by atoms with Gasteiger partial charge in [-0.25, -0.2) is 12.8 Å². The molecule has 1 heterocycles. The Balaban J connectivity index is 2.30. The Bertz CT molecular complexity index is 655. The van der Waals surface area contributed by atoms with Crippen molar-refractivity contribution >= 4 is 15.7 Å². The van der Waals surface area contributed by atoms with Crippen LogP contribution in [0.25, 0.3) is 0 Å². The highest BCUT2D eigenvalue weighted by molar-refractivity contribution is 7.92. The van der Waals surface area contributed by atoms with E-state index in [1.54, 1.807) is 13.1 Å². The first kappa shape index (κ1) is 13.5. The van der Waals surface area contributed by atoms with Gasteiger partial charge in [0.1, 0.15) is 10.7 Å². The molecule has 1 aromatic heterocycles. The van der Waals surface area contributed by atoms with Crippen molar-refractivity contribution in [2.45, 2.75) is 11.4 Å². The van der Waals surface area contributed by atoms with Crippen LogP contribution in [0.3, 0.4) is 0 Å². The number of hydrogen-bond acceptors (Lipinski definition) is 4. The first-order valence-corrected chi connectivity index (χ1v) is 6.96. The molecule has 0 saturated heterocycles. The number of halogens is 1. The van der Waals surface area contributed by atoms with Crippen LogP contribution < -0.4 is 10.0 Å². The molecule has 0 aliphatic rings. The van der Waals surface area contributed by atoms with Crippen LogP contribution in [-0.4, -0.2) is 25.7 Å². The molecular weight excluding hydrogens is 271 g/mol. The standard InChI is InChI=1S/C11H13FN4O2S/c1-13-5-8-2-3-11(10(12)4-8)19(17,18)16-9-6-14-15-7-9/h2-4,6-7,13,16H,5H2,1H3,(H,14,15). The molecule has 2 rings (SSSR count). The molecule has 0 fully saturated rings. The van der Waals surface area contributed by atoms with Gasteiger partial charge in [0.25, 0.3) is 10.0 Å². The van der Waals surface area contributed by atoms with E-state index in [0.717, 1.165) is 0 Å². The monoisotopic (exact) mass is 284 g/mol. The van der Waals surface area contributed by atoms with Crippen LogP contribution >= 0.6 is 0 Å². The van der Waals surface area contributed by atoms with Crippen LogP contribution in [0.2, 0.25) is 0 Å². The molecule has 102 valence electrons. The lowest BCUT2D eigenvalue weighted by Gasteiger charge is -2.08. The lowest BCUT2D eigenvalue weighted by Crippen LogP contribution is -2.15. The quantitative estimate of drug-likeness (QED) is 0.766. The summed E-state index contributed by atoms with van der Waals surface area (Å²) in [5.74, 6) is -0.788. The summed E-state index contributed by atoms with van der Waals surface area (Å²) in [4.78, 5) is -0.395. The average Bonchev–Trinajstić information content (AvgIpc) is 2.81. The number of aromatic nitrogens is 2. The molecule has 0 bridgehead atoms. The summed E-state index contributed by atoms with van der Waals surface area (Å²) in [5.41, 5.74) is 0.918. The highest BCUT2D eigenvalue weighted by atomic mass is 32.2. The van der Waals surface area contributed by atoms with Gasteiger partial charge in [-0.3, -0.25) is 9.82 Å². The fourth-order valence-electron chi connectivity index (χ4n) is 1.59. The van der Waals surface area contributed by atoms with Crippen LogP contribution in [0.15, 0.2) is 35.5 Å². The van der Waals surface area contributed by atoms with Crippen molar-refractivity contribution in [3.05, 3.63) is 42.0 Å². The van der Waals surface area contributed by atoms with Gasteiger partial charge in [-0.15, -0.1) is 0 Å². The van der Waals surface area contributed by atoms with Gasteiger partial charge in [-0.1, -0.05) is 6.07 Å². The molecular formula is C11H13FN4O2S. The molecule has 6 nitrogen and oxygen atoms in total. The van der Waals surface area contributed by atoms with E-state index >= 15 is 0 Å². The molecule has 3 N–H and O–H groups in total. The van der Waals surface area contributed by atoms with E-state index in [2.05, 4.69) is 20.2 Å². The molecule has 8 heteroatoms. The van der Waals surface area contributed by atoms with Crippen molar-refractivity contribution in [1.29, 1.82) is 0 Å². The van der Waals surface area contributed by atoms with Gasteiger partial charge < -0.3 is 5.32 Å². The molecule has 0 aliphatic heterocycles. The number of nitrogens with zero attached hydrogens (tertiary/aromatic N) is 1. The minimum Gasteiger partial charge on any atom is -0.316 e. The lowest BCUT2D eigenvalue weighted by molar-refractivity contribution is 0.568. The Morgan fingerprint density at radius 2 is 2.21 bits per heavy atom. The van der Waals surface area contributed by atoms with Gasteiger partial charge >= 0.3 is 0 Å². The number of benzene rings is 1. The topological polar surface area (TPSA) is 86.9 Å². The summed E-state index contributed by atoms with van der Waals surface area (Å²) in [5, 5.41) is 8.93. The van der Waals surface area contributed by atoms with E-state index in [4.69, 9.17) is 0 Å². The summed E-state index contributed by atoms with van der Waals surface area (Å²) < 4.78 is 40.0. The van der Waals surface area contributed by atoms with Gasteiger partial charge in [0.05, 0.1) is 11.9 Å². The smallest absolute Gasteiger partial charge is 0.264 e. The predicted octanol–water partition coefficient (Wildman–Crippen LogP) is 1.07. The molecule has 0 atom stereocenters. The Morgan fingerprint density at radius 3 is 2.79 bits per heavy atom. The summed E-state index contributed by atoms with van der Waals surface area (Å²) in [6.45, 7) is 0.465. The lowest BCUT2D eigenvalue weighted by atomic mass is 10.2. The zero-order valence-electron chi connectivity index (χ0n) is 10.1. The van der Waals surface area contributed by atoms with Crippen LogP contribution in [0, 0.1) is 5.82 Å². The molecule has 0 spiro atoms. The van der Waals surface area contributed by atoms with Crippen molar-refractivity contribution in [3.8, 4) is 0 Å².